The van der Waals surface area contributed by atoms with Gasteiger partial charge in [-0.15, -0.1) is 0 Å². The van der Waals surface area contributed by atoms with Crippen molar-refractivity contribution in [2.24, 2.45) is 0 Å². The number of hydrogen-bond donors (Lipinski definition) is 2. The molecule has 5 aromatic rings. The molecule has 5 rings (SSSR count). The van der Waals surface area contributed by atoms with Gasteiger partial charge < -0.3 is 11.1 Å². The van der Waals surface area contributed by atoms with Crippen LogP contribution in [0.2, 0.25) is 0 Å². The van der Waals surface area contributed by atoms with Crippen molar-refractivity contribution in [3.05, 3.63) is 90.6 Å². The number of nitrogens with zero attached hydrogens (tertiary/aromatic N) is 2. The fourth-order valence-corrected chi connectivity index (χ4v) is 3.80. The van der Waals surface area contributed by atoms with Crippen LogP contribution in [0.15, 0.2) is 84.9 Å². The maximum absolute atomic E-state index is 12.3. The molecule has 0 aliphatic carbocycles. The Morgan fingerprint density at radius 3 is 2.33 bits per heavy atom. The molecule has 0 fully saturated rings. The fourth-order valence-electron chi connectivity index (χ4n) is 3.80. The average molecular weight is 392 g/mol. The molecule has 5 nitrogen and oxygen atoms in total. The molecule has 0 radical (unpaired) electrons. The molecular formula is C25H20N4O. The monoisotopic (exact) mass is 392 g/mol. The number of anilines is 1. The van der Waals surface area contributed by atoms with Crippen molar-refractivity contribution < 1.29 is 4.79 Å². The first-order valence-electron chi connectivity index (χ1n) is 9.74. The van der Waals surface area contributed by atoms with Crippen LogP contribution in [-0.2, 0) is 0 Å². The summed E-state index contributed by atoms with van der Waals surface area (Å²) in [5.74, 6) is -0.225. The van der Waals surface area contributed by atoms with Gasteiger partial charge in [-0.3, -0.25) is 4.79 Å². The highest BCUT2D eigenvalue weighted by Crippen LogP contribution is 2.31. The van der Waals surface area contributed by atoms with Crippen LogP contribution < -0.4 is 11.1 Å². The highest BCUT2D eigenvalue weighted by atomic mass is 16.1. The summed E-state index contributed by atoms with van der Waals surface area (Å²) in [5.41, 5.74) is 9.56. The Morgan fingerprint density at radius 1 is 0.867 bits per heavy atom. The van der Waals surface area contributed by atoms with Gasteiger partial charge in [0, 0.05) is 18.3 Å². The van der Waals surface area contributed by atoms with Crippen LogP contribution >= 0.6 is 0 Å². The lowest BCUT2D eigenvalue weighted by atomic mass is 9.99. The first-order valence-corrected chi connectivity index (χ1v) is 9.74. The molecule has 0 aliphatic rings. The molecular weight excluding hydrogens is 372 g/mol. The summed E-state index contributed by atoms with van der Waals surface area (Å²) in [6, 6.07) is 28.2. The van der Waals surface area contributed by atoms with Gasteiger partial charge in [0.15, 0.2) is 5.69 Å². The topological polar surface area (TPSA) is 72.9 Å². The Morgan fingerprint density at radius 2 is 1.57 bits per heavy atom. The minimum absolute atomic E-state index is 0.225. The van der Waals surface area contributed by atoms with Crippen molar-refractivity contribution in [2.75, 3.05) is 12.8 Å². The van der Waals surface area contributed by atoms with Gasteiger partial charge in [-0.25, -0.2) is 4.68 Å². The second-order valence-electron chi connectivity index (χ2n) is 7.22. The van der Waals surface area contributed by atoms with Gasteiger partial charge in [0.05, 0.1) is 11.4 Å². The fraction of sp³-hybridized carbons (Fsp3) is 0.0400. The average Bonchev–Trinajstić information content (AvgIpc) is 3.24. The van der Waals surface area contributed by atoms with E-state index >= 15 is 0 Å². The van der Waals surface area contributed by atoms with Crippen LogP contribution in [0.3, 0.4) is 0 Å². The van der Waals surface area contributed by atoms with Crippen LogP contribution in [0.25, 0.3) is 38.5 Å². The van der Waals surface area contributed by atoms with Crippen LogP contribution in [0.1, 0.15) is 10.5 Å². The number of amides is 1. The van der Waals surface area contributed by atoms with E-state index in [4.69, 9.17) is 5.73 Å². The molecule has 3 N–H and O–H groups in total. The lowest BCUT2D eigenvalue weighted by Crippen LogP contribution is -2.18. The molecule has 0 spiro atoms. The number of rotatable bonds is 3. The van der Waals surface area contributed by atoms with Gasteiger partial charge in [0.1, 0.15) is 0 Å². The predicted octanol–water partition coefficient (Wildman–Crippen LogP) is 4.79. The largest absolute Gasteiger partial charge is 0.399 e. The molecule has 4 aromatic carbocycles. The quantitative estimate of drug-likeness (QED) is 0.343. The number of carbonyl (C=O) groups is 1. The van der Waals surface area contributed by atoms with Crippen LogP contribution in [0.4, 0.5) is 5.69 Å². The lowest BCUT2D eigenvalue weighted by Gasteiger charge is -2.10. The van der Waals surface area contributed by atoms with E-state index in [1.807, 2.05) is 36.4 Å². The second kappa shape index (κ2) is 7.04. The minimum atomic E-state index is -0.225. The maximum Gasteiger partial charge on any atom is 0.271 e. The van der Waals surface area contributed by atoms with E-state index in [9.17, 15) is 4.79 Å². The third-order valence-corrected chi connectivity index (χ3v) is 5.35. The number of benzene rings is 4. The Kier molecular flexibility index (Phi) is 4.21. The Labute approximate surface area is 173 Å². The molecule has 0 bridgehead atoms. The molecule has 5 heteroatoms. The zero-order chi connectivity index (χ0) is 20.7. The van der Waals surface area contributed by atoms with Gasteiger partial charge in [0.2, 0.25) is 0 Å². The number of aromatic nitrogens is 2. The molecule has 0 atom stereocenters. The van der Waals surface area contributed by atoms with Gasteiger partial charge in [-0.1, -0.05) is 48.5 Å². The van der Waals surface area contributed by atoms with E-state index in [-0.39, 0.29) is 5.91 Å². The normalized spacial score (nSPS) is 11.1. The molecule has 30 heavy (non-hydrogen) atoms. The number of nitrogens with two attached hydrogens (primary N) is 1. The summed E-state index contributed by atoms with van der Waals surface area (Å²) in [6.07, 6.45) is 0. The Bertz CT molecular complexity index is 1400. The van der Waals surface area contributed by atoms with Gasteiger partial charge in [0.25, 0.3) is 5.91 Å². The van der Waals surface area contributed by atoms with Crippen LogP contribution in [0, 0.1) is 0 Å². The van der Waals surface area contributed by atoms with Gasteiger partial charge >= 0.3 is 0 Å². The van der Waals surface area contributed by atoms with Crippen molar-refractivity contribution in [1.82, 2.24) is 15.1 Å². The van der Waals surface area contributed by atoms with Crippen molar-refractivity contribution in [3.63, 3.8) is 0 Å². The summed E-state index contributed by atoms with van der Waals surface area (Å²) in [4.78, 5) is 12.3. The lowest BCUT2D eigenvalue weighted by molar-refractivity contribution is 0.0957. The molecule has 0 unspecified atom stereocenters. The molecule has 0 saturated heterocycles. The Balaban J connectivity index is 1.75. The molecule has 0 saturated carbocycles. The highest BCUT2D eigenvalue weighted by Gasteiger charge is 2.16. The van der Waals surface area contributed by atoms with Crippen molar-refractivity contribution in [2.45, 2.75) is 0 Å². The van der Waals surface area contributed by atoms with E-state index in [1.165, 1.54) is 16.2 Å². The number of nitrogen functional groups attached to an aromatic ring is 1. The smallest absolute Gasteiger partial charge is 0.271 e. The Hall–Kier alpha value is -4.12. The number of fused-ring (bicyclic) bond motifs is 3. The zero-order valence-electron chi connectivity index (χ0n) is 16.5. The van der Waals surface area contributed by atoms with E-state index in [0.29, 0.717) is 11.4 Å². The SMILES string of the molecule is CNC(=O)c1cc(-c2ccc3ccc4ccccc4c3c2)n(-c2ccc(N)cc2)n1. The second-order valence-corrected chi connectivity index (χ2v) is 7.22. The summed E-state index contributed by atoms with van der Waals surface area (Å²) in [6.45, 7) is 0. The molecule has 1 amide bonds. The van der Waals surface area contributed by atoms with Gasteiger partial charge in [-0.05, 0) is 57.9 Å². The first-order chi connectivity index (χ1) is 14.6. The maximum atomic E-state index is 12.3. The minimum Gasteiger partial charge on any atom is -0.399 e. The highest BCUT2D eigenvalue weighted by molar-refractivity contribution is 6.08. The predicted molar refractivity (Wildman–Crippen MR) is 122 cm³/mol. The van der Waals surface area contributed by atoms with E-state index in [2.05, 4.69) is 58.9 Å². The number of nitrogens with one attached hydrogen (secondary N) is 1. The van der Waals surface area contributed by atoms with Crippen molar-refractivity contribution >= 4 is 33.1 Å². The number of hydrogen-bond acceptors (Lipinski definition) is 3. The molecule has 146 valence electrons. The number of carbonyl (C=O) groups excluding carboxylic acids is 1. The molecule has 0 aliphatic heterocycles. The summed E-state index contributed by atoms with van der Waals surface area (Å²) in [7, 11) is 1.60. The standard InChI is InChI=1S/C25H20N4O/c1-27-25(30)23-15-24(29(28-23)20-12-10-19(26)11-13-20)18-9-8-17-7-6-16-4-2-3-5-21(16)22(17)14-18/h2-15H,26H2,1H3,(H,27,30). The van der Waals surface area contributed by atoms with Crippen LogP contribution in [-0.4, -0.2) is 22.7 Å². The summed E-state index contributed by atoms with van der Waals surface area (Å²) < 4.78 is 1.79. The third kappa shape index (κ3) is 2.97. The van der Waals surface area contributed by atoms with Crippen LogP contribution in [0.5, 0.6) is 0 Å². The van der Waals surface area contributed by atoms with Gasteiger partial charge in [-0.2, -0.15) is 5.10 Å². The molecule has 1 heterocycles. The van der Waals surface area contributed by atoms with E-state index < -0.39 is 0 Å². The summed E-state index contributed by atoms with van der Waals surface area (Å²) >= 11 is 0. The first kappa shape index (κ1) is 17.9. The molecule has 1 aromatic heterocycles. The van der Waals surface area contributed by atoms with E-state index in [0.717, 1.165) is 22.3 Å². The van der Waals surface area contributed by atoms with Crippen molar-refractivity contribution in [3.8, 4) is 16.9 Å². The van der Waals surface area contributed by atoms with E-state index in [1.54, 1.807) is 11.7 Å². The summed E-state index contributed by atoms with van der Waals surface area (Å²) in [5, 5.41) is 11.9. The third-order valence-electron chi connectivity index (χ3n) is 5.35. The van der Waals surface area contributed by atoms with Crippen molar-refractivity contribution in [1.29, 1.82) is 0 Å². The zero-order valence-corrected chi connectivity index (χ0v) is 16.5.